The van der Waals surface area contributed by atoms with Crippen LogP contribution in [0.3, 0.4) is 0 Å². The number of urea groups is 1. The molecule has 82 valence electrons. The minimum absolute atomic E-state index is 0.131. The van der Waals surface area contributed by atoms with Crippen LogP contribution >= 0.6 is 0 Å². The third-order valence-electron chi connectivity index (χ3n) is 1.54. The van der Waals surface area contributed by atoms with Crippen LogP contribution in [-0.4, -0.2) is 6.03 Å². The summed E-state index contributed by atoms with van der Waals surface area (Å²) in [4.78, 5) is 10.3. The highest BCUT2D eigenvalue weighted by atomic mass is 19.4. The van der Waals surface area contributed by atoms with Gasteiger partial charge in [0.05, 0.1) is 5.56 Å². The van der Waals surface area contributed by atoms with E-state index < -0.39 is 23.6 Å². The molecule has 0 aliphatic heterocycles. The Morgan fingerprint density at radius 3 is 2.33 bits per heavy atom. The highest BCUT2D eigenvalue weighted by Gasteiger charge is 2.33. The van der Waals surface area contributed by atoms with Gasteiger partial charge in [-0.25, -0.2) is 9.18 Å². The smallest absolute Gasteiger partial charge is 0.351 e. The predicted molar refractivity (Wildman–Crippen MR) is 44.6 cm³/mol. The SMILES string of the molecule is NC(=O)Nc1ccc(C(F)(F)F)c(F)c1. The van der Waals surface area contributed by atoms with Crippen LogP contribution in [0.25, 0.3) is 0 Å². The number of anilines is 1. The van der Waals surface area contributed by atoms with Crippen molar-refractivity contribution in [2.45, 2.75) is 6.18 Å². The van der Waals surface area contributed by atoms with Crippen molar-refractivity contribution in [2.75, 3.05) is 5.32 Å². The van der Waals surface area contributed by atoms with E-state index in [1.54, 1.807) is 0 Å². The summed E-state index contributed by atoms with van der Waals surface area (Å²) in [5.74, 6) is -1.46. The fourth-order valence-electron chi connectivity index (χ4n) is 0.965. The molecule has 0 saturated carbocycles. The third kappa shape index (κ3) is 2.83. The first-order valence-corrected chi connectivity index (χ1v) is 3.74. The summed E-state index contributed by atoms with van der Waals surface area (Å²) in [6.07, 6.45) is -4.75. The van der Waals surface area contributed by atoms with Gasteiger partial charge in [-0.15, -0.1) is 0 Å². The van der Waals surface area contributed by atoms with E-state index in [4.69, 9.17) is 5.73 Å². The second-order valence-electron chi connectivity index (χ2n) is 2.68. The van der Waals surface area contributed by atoms with Crippen molar-refractivity contribution in [1.29, 1.82) is 0 Å². The summed E-state index contributed by atoms with van der Waals surface area (Å²) in [6.45, 7) is 0. The molecule has 3 nitrogen and oxygen atoms in total. The summed E-state index contributed by atoms with van der Waals surface area (Å²) >= 11 is 0. The van der Waals surface area contributed by atoms with Crippen LogP contribution in [0.5, 0.6) is 0 Å². The number of amides is 2. The van der Waals surface area contributed by atoms with Gasteiger partial charge in [-0.3, -0.25) is 0 Å². The fraction of sp³-hybridized carbons (Fsp3) is 0.125. The molecule has 1 rings (SSSR count). The molecule has 2 amide bonds. The molecule has 1 aromatic rings. The Hall–Kier alpha value is -1.79. The molecule has 0 aliphatic carbocycles. The van der Waals surface area contributed by atoms with E-state index in [0.29, 0.717) is 12.1 Å². The van der Waals surface area contributed by atoms with E-state index in [-0.39, 0.29) is 5.69 Å². The number of hydrogen-bond acceptors (Lipinski definition) is 1. The third-order valence-corrected chi connectivity index (χ3v) is 1.54. The van der Waals surface area contributed by atoms with Crippen LogP contribution in [-0.2, 0) is 6.18 Å². The Morgan fingerprint density at radius 1 is 1.33 bits per heavy atom. The number of carbonyl (C=O) groups excluding carboxylic acids is 1. The number of nitrogens with one attached hydrogen (secondary N) is 1. The van der Waals surface area contributed by atoms with Crippen molar-refractivity contribution in [2.24, 2.45) is 5.73 Å². The average molecular weight is 222 g/mol. The van der Waals surface area contributed by atoms with Gasteiger partial charge in [0.25, 0.3) is 0 Å². The van der Waals surface area contributed by atoms with Crippen LogP contribution in [0.1, 0.15) is 5.56 Å². The molecule has 1 aromatic carbocycles. The zero-order valence-electron chi connectivity index (χ0n) is 7.23. The summed E-state index contributed by atoms with van der Waals surface area (Å²) in [5, 5.41) is 1.96. The molecule has 0 fully saturated rings. The van der Waals surface area contributed by atoms with Gasteiger partial charge in [-0.1, -0.05) is 0 Å². The van der Waals surface area contributed by atoms with Gasteiger partial charge in [-0.2, -0.15) is 13.2 Å². The highest BCUT2D eigenvalue weighted by molar-refractivity contribution is 5.87. The molecule has 0 saturated heterocycles. The first kappa shape index (κ1) is 11.3. The van der Waals surface area contributed by atoms with Gasteiger partial charge in [0.2, 0.25) is 0 Å². The first-order chi connectivity index (χ1) is 6.80. The molecule has 0 spiro atoms. The van der Waals surface area contributed by atoms with E-state index in [1.165, 1.54) is 0 Å². The quantitative estimate of drug-likeness (QED) is 0.704. The molecule has 0 radical (unpaired) electrons. The lowest BCUT2D eigenvalue weighted by Gasteiger charge is -2.09. The lowest BCUT2D eigenvalue weighted by molar-refractivity contribution is -0.139. The Morgan fingerprint density at radius 2 is 1.93 bits per heavy atom. The lowest BCUT2D eigenvalue weighted by atomic mass is 10.2. The molecule has 0 atom stereocenters. The Labute approximate surface area is 81.9 Å². The summed E-state index contributed by atoms with van der Waals surface area (Å²) in [5.41, 5.74) is 3.18. The molecule has 0 unspecified atom stereocenters. The Kier molecular flexibility index (Phi) is 2.83. The maximum atomic E-state index is 12.9. The number of halogens is 4. The molecule has 0 aromatic heterocycles. The fourth-order valence-corrected chi connectivity index (χ4v) is 0.965. The molecule has 0 aliphatic rings. The molecule has 3 N–H and O–H groups in total. The van der Waals surface area contributed by atoms with E-state index >= 15 is 0 Å². The van der Waals surface area contributed by atoms with E-state index in [0.717, 1.165) is 6.07 Å². The molecule has 0 heterocycles. The van der Waals surface area contributed by atoms with Gasteiger partial charge < -0.3 is 11.1 Å². The van der Waals surface area contributed by atoms with Crippen LogP contribution in [0.4, 0.5) is 28.0 Å². The predicted octanol–water partition coefficient (Wildman–Crippen LogP) is 2.34. The van der Waals surface area contributed by atoms with Crippen LogP contribution in [0.2, 0.25) is 0 Å². The number of nitrogens with two attached hydrogens (primary N) is 1. The van der Waals surface area contributed by atoms with Crippen LogP contribution < -0.4 is 11.1 Å². The second-order valence-corrected chi connectivity index (χ2v) is 2.68. The topological polar surface area (TPSA) is 55.1 Å². The van der Waals surface area contributed by atoms with E-state index in [1.807, 2.05) is 5.32 Å². The number of benzene rings is 1. The Balaban J connectivity index is 3.04. The normalized spacial score (nSPS) is 11.2. The zero-order chi connectivity index (χ0) is 11.6. The van der Waals surface area contributed by atoms with Gasteiger partial charge in [-0.05, 0) is 18.2 Å². The van der Waals surface area contributed by atoms with Gasteiger partial charge in [0, 0.05) is 5.69 Å². The first-order valence-electron chi connectivity index (χ1n) is 3.74. The van der Waals surface area contributed by atoms with Crippen molar-refractivity contribution < 1.29 is 22.4 Å². The van der Waals surface area contributed by atoms with Crippen molar-refractivity contribution in [1.82, 2.24) is 0 Å². The van der Waals surface area contributed by atoms with Crippen molar-refractivity contribution >= 4 is 11.7 Å². The van der Waals surface area contributed by atoms with Crippen molar-refractivity contribution in [3.63, 3.8) is 0 Å². The monoisotopic (exact) mass is 222 g/mol. The minimum Gasteiger partial charge on any atom is -0.351 e. The lowest BCUT2D eigenvalue weighted by Crippen LogP contribution is -2.19. The van der Waals surface area contributed by atoms with Gasteiger partial charge >= 0.3 is 12.2 Å². The molecular weight excluding hydrogens is 216 g/mol. The number of rotatable bonds is 1. The Bertz CT molecular complexity index is 389. The van der Waals surface area contributed by atoms with Crippen LogP contribution in [0, 0.1) is 5.82 Å². The largest absolute Gasteiger partial charge is 0.419 e. The second kappa shape index (κ2) is 3.76. The number of primary amides is 1. The summed E-state index contributed by atoms with van der Waals surface area (Å²) < 4.78 is 49.2. The maximum absolute atomic E-state index is 12.9. The maximum Gasteiger partial charge on any atom is 0.419 e. The van der Waals surface area contributed by atoms with E-state index in [9.17, 15) is 22.4 Å². The zero-order valence-corrected chi connectivity index (χ0v) is 7.23. The number of hydrogen-bond donors (Lipinski definition) is 2. The van der Waals surface area contributed by atoms with Crippen molar-refractivity contribution in [3.05, 3.63) is 29.6 Å². The van der Waals surface area contributed by atoms with Gasteiger partial charge in [0.1, 0.15) is 5.82 Å². The number of carbonyl (C=O) groups is 1. The highest BCUT2D eigenvalue weighted by Crippen LogP contribution is 2.32. The van der Waals surface area contributed by atoms with Crippen LogP contribution in [0.15, 0.2) is 18.2 Å². The molecule has 0 bridgehead atoms. The molecular formula is C8H6F4N2O. The minimum atomic E-state index is -4.75. The van der Waals surface area contributed by atoms with E-state index in [2.05, 4.69) is 0 Å². The summed E-state index contributed by atoms with van der Waals surface area (Å²) in [6, 6.07) is 1.01. The summed E-state index contributed by atoms with van der Waals surface area (Å²) in [7, 11) is 0. The van der Waals surface area contributed by atoms with Gasteiger partial charge in [0.15, 0.2) is 0 Å². The molecule has 15 heavy (non-hydrogen) atoms. The molecule has 7 heteroatoms. The standard InChI is InChI=1S/C8H6F4N2O/c9-6-3-4(14-7(13)15)1-2-5(6)8(10,11)12/h1-3H,(H3,13,14,15). The number of alkyl halides is 3. The average Bonchev–Trinajstić information content (AvgIpc) is 1.99. The van der Waals surface area contributed by atoms with Crippen molar-refractivity contribution in [3.8, 4) is 0 Å².